The summed E-state index contributed by atoms with van der Waals surface area (Å²) >= 11 is 0. The second-order valence-corrected chi connectivity index (χ2v) is 5.97. The first-order valence-electron chi connectivity index (χ1n) is 8.41. The van der Waals surface area contributed by atoms with E-state index in [2.05, 4.69) is 6.92 Å². The van der Waals surface area contributed by atoms with E-state index in [1.165, 1.54) is 57.8 Å². The van der Waals surface area contributed by atoms with E-state index < -0.39 is 12.0 Å². The molecule has 0 aromatic carbocycles. The molecule has 0 aromatic rings. The highest BCUT2D eigenvalue weighted by Gasteiger charge is 2.27. The third-order valence-electron chi connectivity index (χ3n) is 3.87. The lowest BCUT2D eigenvalue weighted by Gasteiger charge is -2.21. The molecule has 0 saturated carbocycles. The second-order valence-electron chi connectivity index (χ2n) is 5.97. The van der Waals surface area contributed by atoms with E-state index in [1.807, 2.05) is 0 Å². The highest BCUT2D eigenvalue weighted by Crippen LogP contribution is 2.14. The Labute approximate surface area is 124 Å². The normalized spacial score (nSPS) is 13.7. The van der Waals surface area contributed by atoms with Crippen molar-refractivity contribution < 1.29 is 15.3 Å². The molecule has 0 saturated heterocycles. The SMILES string of the molecule is CCCCCCCCCCCCCCC(N)C(O)(O)O. The van der Waals surface area contributed by atoms with Crippen molar-refractivity contribution in [3.63, 3.8) is 0 Å². The summed E-state index contributed by atoms with van der Waals surface area (Å²) in [6.07, 6.45) is 15.6. The minimum atomic E-state index is -2.72. The van der Waals surface area contributed by atoms with Crippen LogP contribution in [0.4, 0.5) is 0 Å². The first kappa shape index (κ1) is 19.8. The van der Waals surface area contributed by atoms with Crippen LogP contribution in [0, 0.1) is 0 Å². The van der Waals surface area contributed by atoms with E-state index in [0.717, 1.165) is 19.3 Å². The van der Waals surface area contributed by atoms with Gasteiger partial charge in [0.15, 0.2) is 0 Å². The maximum Gasteiger partial charge on any atom is 0.291 e. The van der Waals surface area contributed by atoms with Gasteiger partial charge in [-0.05, 0) is 6.42 Å². The molecular weight excluding hydrogens is 254 g/mol. The Morgan fingerprint density at radius 2 is 1.05 bits per heavy atom. The Morgan fingerprint density at radius 1 is 0.700 bits per heavy atom. The standard InChI is InChI=1S/C16H35NO3/c1-2-3-4-5-6-7-8-9-10-11-12-13-14-15(17)16(18,19)20/h15,18-20H,2-14,17H2,1H3. The molecule has 0 aliphatic heterocycles. The molecule has 4 heteroatoms. The molecule has 122 valence electrons. The predicted molar refractivity (Wildman–Crippen MR) is 83.1 cm³/mol. The van der Waals surface area contributed by atoms with Gasteiger partial charge in [0.2, 0.25) is 0 Å². The molecule has 0 rings (SSSR count). The Bertz CT molecular complexity index is 204. The molecule has 0 bridgehead atoms. The van der Waals surface area contributed by atoms with Gasteiger partial charge in [-0.25, -0.2) is 0 Å². The lowest BCUT2D eigenvalue weighted by molar-refractivity contribution is -0.323. The number of unbranched alkanes of at least 4 members (excludes halogenated alkanes) is 11. The fourth-order valence-corrected chi connectivity index (χ4v) is 2.40. The average molecular weight is 289 g/mol. The van der Waals surface area contributed by atoms with E-state index in [9.17, 15) is 0 Å². The molecule has 0 aromatic heterocycles. The van der Waals surface area contributed by atoms with Crippen LogP contribution < -0.4 is 5.73 Å². The summed E-state index contributed by atoms with van der Waals surface area (Å²) in [6.45, 7) is 2.24. The molecule has 5 N–H and O–H groups in total. The van der Waals surface area contributed by atoms with Gasteiger partial charge in [0.25, 0.3) is 5.97 Å². The lowest BCUT2D eigenvalue weighted by atomic mass is 10.0. The molecular formula is C16H35NO3. The number of rotatable bonds is 14. The fourth-order valence-electron chi connectivity index (χ4n) is 2.40. The molecule has 0 radical (unpaired) electrons. The lowest BCUT2D eigenvalue weighted by Crippen LogP contribution is -2.47. The van der Waals surface area contributed by atoms with Crippen LogP contribution in [0.5, 0.6) is 0 Å². The van der Waals surface area contributed by atoms with Crippen LogP contribution in [0.2, 0.25) is 0 Å². The van der Waals surface area contributed by atoms with Crippen molar-refractivity contribution >= 4 is 0 Å². The monoisotopic (exact) mass is 289 g/mol. The van der Waals surface area contributed by atoms with Crippen molar-refractivity contribution in [2.45, 2.75) is 102 Å². The number of aliphatic hydroxyl groups is 3. The summed E-state index contributed by atoms with van der Waals surface area (Å²) in [6, 6.07) is -0.967. The quantitative estimate of drug-likeness (QED) is 0.292. The predicted octanol–water partition coefficient (Wildman–Crippen LogP) is 3.04. The molecule has 0 spiro atoms. The third kappa shape index (κ3) is 12.9. The first-order valence-corrected chi connectivity index (χ1v) is 8.41. The maximum absolute atomic E-state index is 8.85. The van der Waals surface area contributed by atoms with Crippen LogP contribution in [-0.4, -0.2) is 27.3 Å². The Hall–Kier alpha value is -0.160. The van der Waals surface area contributed by atoms with Gasteiger partial charge in [-0.2, -0.15) is 0 Å². The van der Waals surface area contributed by atoms with Crippen LogP contribution in [0.3, 0.4) is 0 Å². The Balaban J connectivity index is 3.14. The van der Waals surface area contributed by atoms with Crippen molar-refractivity contribution in [2.75, 3.05) is 0 Å². The van der Waals surface area contributed by atoms with Gasteiger partial charge in [-0.3, -0.25) is 0 Å². The molecule has 4 nitrogen and oxygen atoms in total. The molecule has 0 heterocycles. The van der Waals surface area contributed by atoms with Gasteiger partial charge in [0.05, 0.1) is 6.04 Å². The first-order chi connectivity index (χ1) is 9.48. The highest BCUT2D eigenvalue weighted by molar-refractivity contribution is 4.68. The van der Waals surface area contributed by atoms with Crippen molar-refractivity contribution in [3.05, 3.63) is 0 Å². The molecule has 1 atom stereocenters. The fraction of sp³-hybridized carbons (Fsp3) is 1.00. The third-order valence-corrected chi connectivity index (χ3v) is 3.87. The molecule has 1 unspecified atom stereocenters. The van der Waals surface area contributed by atoms with Gasteiger partial charge in [-0.15, -0.1) is 0 Å². The smallest absolute Gasteiger partial charge is 0.291 e. The van der Waals surface area contributed by atoms with Crippen LogP contribution in [0.25, 0.3) is 0 Å². The molecule has 0 aliphatic rings. The summed E-state index contributed by atoms with van der Waals surface area (Å²) in [7, 11) is 0. The van der Waals surface area contributed by atoms with Crippen molar-refractivity contribution in [1.29, 1.82) is 0 Å². The second kappa shape index (κ2) is 12.6. The summed E-state index contributed by atoms with van der Waals surface area (Å²) in [5.74, 6) is -2.72. The van der Waals surface area contributed by atoms with Crippen LogP contribution >= 0.6 is 0 Å². The largest absolute Gasteiger partial charge is 0.342 e. The zero-order valence-corrected chi connectivity index (χ0v) is 13.2. The van der Waals surface area contributed by atoms with E-state index in [1.54, 1.807) is 0 Å². The summed E-state index contributed by atoms with van der Waals surface area (Å²) < 4.78 is 0. The Kier molecular flexibility index (Phi) is 12.5. The minimum absolute atomic E-state index is 0.445. The summed E-state index contributed by atoms with van der Waals surface area (Å²) in [4.78, 5) is 0. The zero-order chi connectivity index (χ0) is 15.3. The van der Waals surface area contributed by atoms with E-state index in [0.29, 0.717) is 6.42 Å². The molecule has 0 fully saturated rings. The van der Waals surface area contributed by atoms with Crippen LogP contribution in [-0.2, 0) is 0 Å². The topological polar surface area (TPSA) is 86.7 Å². The zero-order valence-electron chi connectivity index (χ0n) is 13.2. The van der Waals surface area contributed by atoms with Gasteiger partial charge in [0.1, 0.15) is 0 Å². The summed E-state index contributed by atoms with van der Waals surface area (Å²) in [5, 5.41) is 26.5. The average Bonchev–Trinajstić information content (AvgIpc) is 2.38. The van der Waals surface area contributed by atoms with Crippen molar-refractivity contribution in [2.24, 2.45) is 5.73 Å². The van der Waals surface area contributed by atoms with Crippen LogP contribution in [0.1, 0.15) is 90.4 Å². The van der Waals surface area contributed by atoms with Gasteiger partial charge >= 0.3 is 0 Å². The van der Waals surface area contributed by atoms with E-state index in [-0.39, 0.29) is 0 Å². The maximum atomic E-state index is 8.85. The minimum Gasteiger partial charge on any atom is -0.342 e. The number of nitrogens with two attached hydrogens (primary N) is 1. The van der Waals surface area contributed by atoms with Gasteiger partial charge in [0, 0.05) is 0 Å². The van der Waals surface area contributed by atoms with E-state index >= 15 is 0 Å². The molecule has 0 aliphatic carbocycles. The highest BCUT2D eigenvalue weighted by atomic mass is 16.7. The summed E-state index contributed by atoms with van der Waals surface area (Å²) in [5.41, 5.74) is 5.43. The molecule has 0 amide bonds. The van der Waals surface area contributed by atoms with Gasteiger partial charge in [-0.1, -0.05) is 84.0 Å². The van der Waals surface area contributed by atoms with Crippen molar-refractivity contribution in [1.82, 2.24) is 0 Å². The van der Waals surface area contributed by atoms with Crippen LogP contribution in [0.15, 0.2) is 0 Å². The Morgan fingerprint density at radius 3 is 1.40 bits per heavy atom. The van der Waals surface area contributed by atoms with Gasteiger partial charge < -0.3 is 21.1 Å². The van der Waals surface area contributed by atoms with Crippen molar-refractivity contribution in [3.8, 4) is 0 Å². The van der Waals surface area contributed by atoms with E-state index in [4.69, 9.17) is 21.1 Å². The molecule has 20 heavy (non-hydrogen) atoms. The number of hydrogen-bond donors (Lipinski definition) is 4. The number of hydrogen-bond acceptors (Lipinski definition) is 4.